The summed E-state index contributed by atoms with van der Waals surface area (Å²) in [5.41, 5.74) is 2.07. The third kappa shape index (κ3) is 5.40. The summed E-state index contributed by atoms with van der Waals surface area (Å²) in [5, 5.41) is 6.96. The van der Waals surface area contributed by atoms with E-state index in [2.05, 4.69) is 33.5 Å². The number of rotatable bonds is 8. The number of ether oxygens (including phenoxy) is 1. The summed E-state index contributed by atoms with van der Waals surface area (Å²) in [5.74, 6) is 1.88. The molecule has 0 spiro atoms. The third-order valence-electron chi connectivity index (χ3n) is 4.48. The second-order valence-electron chi connectivity index (χ2n) is 6.57. The number of aromatic nitrogens is 2. The number of hydrogen-bond donors (Lipinski definition) is 1. The van der Waals surface area contributed by atoms with Crippen LogP contribution in [0.2, 0.25) is 0 Å². The Balaban J connectivity index is 1.47. The first-order chi connectivity index (χ1) is 13.2. The molecular formula is C20H26N4O3. The first-order valence-corrected chi connectivity index (χ1v) is 9.33. The zero-order chi connectivity index (χ0) is 19.1. The molecule has 0 radical (unpaired) electrons. The Hall–Kier alpha value is -2.67. The van der Waals surface area contributed by atoms with Crippen molar-refractivity contribution in [2.24, 2.45) is 0 Å². The van der Waals surface area contributed by atoms with Crippen molar-refractivity contribution < 1.29 is 14.1 Å². The maximum atomic E-state index is 12.1. The number of carbonyl (C=O) groups excluding carboxylic acids is 1. The molecule has 0 saturated carbocycles. The van der Waals surface area contributed by atoms with Crippen molar-refractivity contribution in [2.45, 2.75) is 32.7 Å². The van der Waals surface area contributed by atoms with Crippen molar-refractivity contribution in [1.29, 1.82) is 0 Å². The minimum absolute atomic E-state index is 0.0560. The fraction of sp³-hybridized carbons (Fsp3) is 0.450. The van der Waals surface area contributed by atoms with Crippen molar-refractivity contribution in [3.05, 3.63) is 47.6 Å². The highest BCUT2D eigenvalue weighted by Crippen LogP contribution is 2.20. The van der Waals surface area contributed by atoms with E-state index in [0.29, 0.717) is 37.7 Å². The molecule has 1 aliphatic rings. The van der Waals surface area contributed by atoms with Crippen LogP contribution in [0.4, 0.5) is 0 Å². The maximum Gasteiger partial charge on any atom is 0.227 e. The molecule has 2 heterocycles. The van der Waals surface area contributed by atoms with Crippen LogP contribution in [0.25, 0.3) is 5.57 Å². The second-order valence-corrected chi connectivity index (χ2v) is 6.57. The summed E-state index contributed by atoms with van der Waals surface area (Å²) in [6.45, 7) is 4.85. The van der Waals surface area contributed by atoms with Gasteiger partial charge >= 0.3 is 0 Å². The minimum Gasteiger partial charge on any atom is -0.494 e. The number of carbonyl (C=O) groups is 1. The Morgan fingerprint density at radius 2 is 2.22 bits per heavy atom. The van der Waals surface area contributed by atoms with Gasteiger partial charge in [0.15, 0.2) is 5.82 Å². The van der Waals surface area contributed by atoms with Crippen molar-refractivity contribution in [2.75, 3.05) is 26.7 Å². The molecule has 1 amide bonds. The second kappa shape index (κ2) is 9.32. The number of likely N-dealkylation sites (N-methyl/N-ethyl adjacent to an activating group) is 1. The van der Waals surface area contributed by atoms with Gasteiger partial charge in [-0.2, -0.15) is 4.98 Å². The highest BCUT2D eigenvalue weighted by Gasteiger charge is 2.16. The molecule has 0 bridgehead atoms. The van der Waals surface area contributed by atoms with Crippen molar-refractivity contribution >= 4 is 11.5 Å². The standard InChI is InChI=1S/C20H26N4O3/c1-3-26-17-7-5-4-6-16(17)14-21-18(25)8-9-19-22-20(23-27-19)15-10-12-24(2)13-11-15/h4-7,10H,3,8-9,11-14H2,1-2H3,(H,21,25). The molecule has 1 aliphatic heterocycles. The molecule has 1 N–H and O–H groups in total. The van der Waals surface area contributed by atoms with E-state index in [1.165, 1.54) is 0 Å². The number of amides is 1. The van der Waals surface area contributed by atoms with Crippen LogP contribution in [0, 0.1) is 0 Å². The monoisotopic (exact) mass is 370 g/mol. The molecule has 0 atom stereocenters. The molecule has 27 heavy (non-hydrogen) atoms. The summed E-state index contributed by atoms with van der Waals surface area (Å²) in [6, 6.07) is 7.71. The number of nitrogens with zero attached hydrogens (tertiary/aromatic N) is 3. The van der Waals surface area contributed by atoms with Gasteiger partial charge in [-0.1, -0.05) is 29.4 Å². The maximum absolute atomic E-state index is 12.1. The van der Waals surface area contributed by atoms with Crippen LogP contribution in [-0.4, -0.2) is 47.7 Å². The Morgan fingerprint density at radius 1 is 1.37 bits per heavy atom. The number of benzene rings is 1. The number of hydrogen-bond acceptors (Lipinski definition) is 6. The predicted molar refractivity (Wildman–Crippen MR) is 102 cm³/mol. The Bertz CT molecular complexity index is 800. The third-order valence-corrected chi connectivity index (χ3v) is 4.48. The Labute approximate surface area is 159 Å². The molecule has 0 aliphatic carbocycles. The molecule has 1 aromatic carbocycles. The van der Waals surface area contributed by atoms with Gasteiger partial charge in [-0.25, -0.2) is 0 Å². The fourth-order valence-electron chi connectivity index (χ4n) is 2.91. The van der Waals surface area contributed by atoms with Crippen molar-refractivity contribution in [1.82, 2.24) is 20.4 Å². The van der Waals surface area contributed by atoms with E-state index >= 15 is 0 Å². The van der Waals surface area contributed by atoms with E-state index in [1.54, 1.807) is 0 Å². The van der Waals surface area contributed by atoms with Crippen LogP contribution in [0.3, 0.4) is 0 Å². The summed E-state index contributed by atoms with van der Waals surface area (Å²) < 4.78 is 10.9. The summed E-state index contributed by atoms with van der Waals surface area (Å²) in [4.78, 5) is 18.8. The molecule has 2 aromatic rings. The highest BCUT2D eigenvalue weighted by molar-refractivity contribution is 5.76. The van der Waals surface area contributed by atoms with E-state index in [4.69, 9.17) is 9.26 Å². The van der Waals surface area contributed by atoms with E-state index in [-0.39, 0.29) is 5.91 Å². The number of nitrogens with one attached hydrogen (secondary N) is 1. The number of para-hydroxylation sites is 1. The van der Waals surface area contributed by atoms with Crippen LogP contribution < -0.4 is 10.1 Å². The van der Waals surface area contributed by atoms with Crippen molar-refractivity contribution in [3.63, 3.8) is 0 Å². The minimum atomic E-state index is -0.0560. The van der Waals surface area contributed by atoms with Gasteiger partial charge in [-0.15, -0.1) is 0 Å². The van der Waals surface area contributed by atoms with E-state index in [9.17, 15) is 4.79 Å². The van der Waals surface area contributed by atoms with E-state index < -0.39 is 0 Å². The van der Waals surface area contributed by atoms with Gasteiger partial charge in [-0.05, 0) is 32.0 Å². The molecule has 3 rings (SSSR count). The Kier molecular flexibility index (Phi) is 6.59. The first-order valence-electron chi connectivity index (χ1n) is 9.33. The van der Waals surface area contributed by atoms with Crippen LogP contribution in [-0.2, 0) is 17.8 Å². The van der Waals surface area contributed by atoms with Gasteiger partial charge in [0.05, 0.1) is 6.61 Å². The summed E-state index contributed by atoms with van der Waals surface area (Å²) in [6.07, 6.45) is 3.77. The average Bonchev–Trinajstić information content (AvgIpc) is 3.15. The largest absolute Gasteiger partial charge is 0.494 e. The lowest BCUT2D eigenvalue weighted by Gasteiger charge is -2.19. The van der Waals surface area contributed by atoms with Gasteiger partial charge in [-0.3, -0.25) is 4.79 Å². The Morgan fingerprint density at radius 3 is 3.00 bits per heavy atom. The van der Waals surface area contributed by atoms with Gasteiger partial charge in [0.2, 0.25) is 11.8 Å². The van der Waals surface area contributed by atoms with Crippen LogP contribution in [0.5, 0.6) is 5.75 Å². The lowest BCUT2D eigenvalue weighted by Crippen LogP contribution is -2.24. The molecule has 7 nitrogen and oxygen atoms in total. The zero-order valence-electron chi connectivity index (χ0n) is 15.9. The molecular weight excluding hydrogens is 344 g/mol. The van der Waals surface area contributed by atoms with Gasteiger partial charge < -0.3 is 19.5 Å². The topological polar surface area (TPSA) is 80.5 Å². The summed E-state index contributed by atoms with van der Waals surface area (Å²) in [7, 11) is 2.08. The smallest absolute Gasteiger partial charge is 0.227 e. The van der Waals surface area contributed by atoms with Gasteiger partial charge in [0.1, 0.15) is 5.75 Å². The average molecular weight is 370 g/mol. The quantitative estimate of drug-likeness (QED) is 0.769. The molecule has 1 aromatic heterocycles. The van der Waals surface area contributed by atoms with Crippen molar-refractivity contribution in [3.8, 4) is 5.75 Å². The highest BCUT2D eigenvalue weighted by atomic mass is 16.5. The van der Waals surface area contributed by atoms with E-state index in [0.717, 1.165) is 36.4 Å². The molecule has 7 heteroatoms. The van der Waals surface area contributed by atoms with Gasteiger partial charge in [0, 0.05) is 38.0 Å². The number of aryl methyl sites for hydroxylation is 1. The molecule has 0 saturated heterocycles. The zero-order valence-corrected chi connectivity index (χ0v) is 15.9. The first kappa shape index (κ1) is 19.1. The lowest BCUT2D eigenvalue weighted by molar-refractivity contribution is -0.121. The van der Waals surface area contributed by atoms with E-state index in [1.807, 2.05) is 31.2 Å². The van der Waals surface area contributed by atoms with Crippen LogP contribution in [0.15, 0.2) is 34.9 Å². The molecule has 0 fully saturated rings. The fourth-order valence-corrected chi connectivity index (χ4v) is 2.91. The normalized spacial score (nSPS) is 14.7. The van der Waals surface area contributed by atoms with Crippen LogP contribution >= 0.6 is 0 Å². The van der Waals surface area contributed by atoms with Gasteiger partial charge in [0.25, 0.3) is 0 Å². The summed E-state index contributed by atoms with van der Waals surface area (Å²) >= 11 is 0. The van der Waals surface area contributed by atoms with Crippen LogP contribution in [0.1, 0.15) is 37.0 Å². The SMILES string of the molecule is CCOc1ccccc1CNC(=O)CCc1nc(C2=CCN(C)CC2)no1. The molecule has 144 valence electrons. The molecule has 0 unspecified atom stereocenters. The lowest BCUT2D eigenvalue weighted by atomic mass is 10.1. The predicted octanol–water partition coefficient (Wildman–Crippen LogP) is 2.44.